The number of rotatable bonds is 1. The van der Waals surface area contributed by atoms with Gasteiger partial charge in [0.25, 0.3) is 0 Å². The molecule has 1 nitrogen and oxygen atoms in total. The molecule has 1 N–H and O–H groups in total. The van der Waals surface area contributed by atoms with Gasteiger partial charge in [0.2, 0.25) is 0 Å². The maximum Gasteiger partial charge on any atom is 0.0771 e. The summed E-state index contributed by atoms with van der Waals surface area (Å²) in [5, 5.41) is 10.5. The summed E-state index contributed by atoms with van der Waals surface area (Å²) in [6, 6.07) is 0. The van der Waals surface area contributed by atoms with Gasteiger partial charge in [-0.15, -0.1) is 0 Å². The molecule has 0 spiro atoms. The van der Waals surface area contributed by atoms with Gasteiger partial charge in [-0.1, -0.05) is 77.6 Å². The van der Waals surface area contributed by atoms with Crippen LogP contribution in [0.4, 0.5) is 0 Å². The Labute approximate surface area is 124 Å². The fourth-order valence-electron chi connectivity index (χ4n) is 3.36. The highest BCUT2D eigenvalue weighted by atomic mass is 79.9. The fraction of sp³-hybridized carbons (Fsp3) is 1.00. The van der Waals surface area contributed by atoms with Gasteiger partial charge in [-0.2, -0.15) is 0 Å². The number of fused-ring (bicyclic) bond motifs is 2. The van der Waals surface area contributed by atoms with Crippen LogP contribution < -0.4 is 0 Å². The van der Waals surface area contributed by atoms with E-state index in [1.165, 1.54) is 0 Å². The van der Waals surface area contributed by atoms with Crippen LogP contribution in [-0.2, 0) is 0 Å². The van der Waals surface area contributed by atoms with E-state index in [-0.39, 0.29) is 29.8 Å². The summed E-state index contributed by atoms with van der Waals surface area (Å²) < 4.78 is 0.0458. The Kier molecular flexibility index (Phi) is 3.27. The smallest absolute Gasteiger partial charge is 0.0771 e. The average molecular weight is 470 g/mol. The second-order valence-corrected chi connectivity index (χ2v) is 10.7. The van der Waals surface area contributed by atoms with Crippen molar-refractivity contribution in [3.05, 3.63) is 0 Å². The highest BCUT2D eigenvalue weighted by Gasteiger charge is 2.75. The van der Waals surface area contributed by atoms with Crippen molar-refractivity contribution >= 4 is 63.7 Å². The zero-order valence-electron chi connectivity index (χ0n) is 8.61. The monoisotopic (exact) mass is 466 g/mol. The van der Waals surface area contributed by atoms with E-state index in [0.29, 0.717) is 0 Å². The summed E-state index contributed by atoms with van der Waals surface area (Å²) >= 11 is 14.9. The number of aliphatic hydroxyl groups excluding tert-OH is 1. The molecule has 15 heavy (non-hydrogen) atoms. The van der Waals surface area contributed by atoms with E-state index < -0.39 is 0 Å². The first-order chi connectivity index (χ1) is 6.71. The van der Waals surface area contributed by atoms with Crippen LogP contribution in [0.1, 0.15) is 26.7 Å². The molecule has 0 aliphatic heterocycles. The van der Waals surface area contributed by atoms with Gasteiger partial charge >= 0.3 is 0 Å². The molecule has 5 heteroatoms. The van der Waals surface area contributed by atoms with Crippen molar-refractivity contribution in [2.75, 3.05) is 0 Å². The van der Waals surface area contributed by atoms with Gasteiger partial charge in [-0.3, -0.25) is 0 Å². The summed E-state index contributed by atoms with van der Waals surface area (Å²) in [6.07, 6.45) is 1.81. The zero-order valence-corrected chi connectivity index (χ0v) is 14.9. The number of halogens is 4. The maximum atomic E-state index is 10.5. The SMILES string of the molecule is CC1(C)[C@@H](O)[C@]2(Br)CC[C@]1(C(Br)Br)[C@@H]2Br. The van der Waals surface area contributed by atoms with Crippen molar-refractivity contribution < 1.29 is 5.11 Å². The summed E-state index contributed by atoms with van der Waals surface area (Å²) in [4.78, 5) is 0.284. The van der Waals surface area contributed by atoms with Crippen LogP contribution in [0.2, 0.25) is 0 Å². The predicted octanol–water partition coefficient (Wildman–Crippen LogP) is 4.18. The molecule has 0 aromatic heterocycles. The molecule has 2 fully saturated rings. The van der Waals surface area contributed by atoms with Gasteiger partial charge in [0.1, 0.15) is 0 Å². The van der Waals surface area contributed by atoms with Crippen LogP contribution in [-0.4, -0.2) is 24.1 Å². The average Bonchev–Trinajstić information content (AvgIpc) is 2.45. The highest BCUT2D eigenvalue weighted by molar-refractivity contribution is 9.24. The standard InChI is InChI=1S/C10H14Br4O/c1-8(2)6(15)10(14)4-3-9(8,5(10)11)7(12)13/h5-7,15H,3-4H2,1-2H3/t5-,6+,9+,10-/m0/s1. The molecule has 2 bridgehead atoms. The van der Waals surface area contributed by atoms with Gasteiger partial charge < -0.3 is 5.11 Å². The first kappa shape index (κ1) is 13.3. The van der Waals surface area contributed by atoms with Crippen molar-refractivity contribution in [3.63, 3.8) is 0 Å². The molecule has 0 aromatic carbocycles. The third-order valence-electron chi connectivity index (χ3n) is 4.52. The van der Waals surface area contributed by atoms with E-state index in [1.54, 1.807) is 0 Å². The Morgan fingerprint density at radius 2 is 1.80 bits per heavy atom. The number of aliphatic hydroxyl groups is 1. The van der Waals surface area contributed by atoms with Crippen LogP contribution in [0.25, 0.3) is 0 Å². The van der Waals surface area contributed by atoms with Crippen LogP contribution >= 0.6 is 63.7 Å². The summed E-state index contributed by atoms with van der Waals surface area (Å²) in [6.45, 7) is 4.31. The van der Waals surface area contributed by atoms with E-state index in [9.17, 15) is 5.11 Å². The van der Waals surface area contributed by atoms with Crippen molar-refractivity contribution in [1.82, 2.24) is 0 Å². The maximum absolute atomic E-state index is 10.5. The zero-order chi connectivity index (χ0) is 11.6. The van der Waals surface area contributed by atoms with E-state index >= 15 is 0 Å². The van der Waals surface area contributed by atoms with E-state index in [1.807, 2.05) is 0 Å². The highest BCUT2D eigenvalue weighted by Crippen LogP contribution is 2.73. The minimum absolute atomic E-state index is 0.0515. The number of hydrogen-bond donors (Lipinski definition) is 1. The summed E-state index contributed by atoms with van der Waals surface area (Å²) in [5.74, 6) is 0. The second kappa shape index (κ2) is 3.69. The molecule has 0 amide bonds. The molecule has 4 atom stereocenters. The lowest BCUT2D eigenvalue weighted by molar-refractivity contribution is -0.0213. The first-order valence-electron chi connectivity index (χ1n) is 5.00. The second-order valence-electron chi connectivity index (χ2n) is 5.25. The van der Waals surface area contributed by atoms with Crippen molar-refractivity contribution in [1.29, 1.82) is 0 Å². The van der Waals surface area contributed by atoms with Gasteiger partial charge in [0.05, 0.1) is 14.2 Å². The van der Waals surface area contributed by atoms with Crippen LogP contribution in [0.3, 0.4) is 0 Å². The number of hydrogen-bond acceptors (Lipinski definition) is 1. The molecule has 2 aliphatic carbocycles. The molecule has 2 rings (SSSR count). The Morgan fingerprint density at radius 1 is 1.27 bits per heavy atom. The van der Waals surface area contributed by atoms with Crippen molar-refractivity contribution in [3.8, 4) is 0 Å². The van der Waals surface area contributed by atoms with Gasteiger partial charge in [-0.25, -0.2) is 0 Å². The summed E-state index contributed by atoms with van der Waals surface area (Å²) in [5.41, 5.74) is -0.0590. The van der Waals surface area contributed by atoms with Crippen molar-refractivity contribution in [2.45, 2.75) is 45.7 Å². The van der Waals surface area contributed by atoms with Crippen LogP contribution in [0, 0.1) is 10.8 Å². The van der Waals surface area contributed by atoms with Crippen LogP contribution in [0.5, 0.6) is 0 Å². The lowest BCUT2D eigenvalue weighted by Crippen LogP contribution is -2.48. The lowest BCUT2D eigenvalue weighted by atomic mass is 9.65. The van der Waals surface area contributed by atoms with E-state index in [0.717, 1.165) is 12.8 Å². The van der Waals surface area contributed by atoms with E-state index in [4.69, 9.17) is 0 Å². The molecule has 0 heterocycles. The molecule has 0 radical (unpaired) electrons. The number of alkyl halides is 4. The Bertz CT molecular complexity index is 293. The third-order valence-corrected chi connectivity index (χ3v) is 9.69. The van der Waals surface area contributed by atoms with Gasteiger partial charge in [-0.05, 0) is 12.8 Å². The molecule has 2 saturated carbocycles. The van der Waals surface area contributed by atoms with Crippen molar-refractivity contribution in [2.24, 2.45) is 10.8 Å². The Hall–Kier alpha value is 1.88. The lowest BCUT2D eigenvalue weighted by Gasteiger charge is -2.46. The van der Waals surface area contributed by atoms with Crippen LogP contribution in [0.15, 0.2) is 0 Å². The minimum Gasteiger partial charge on any atom is -0.391 e. The molecule has 2 aliphatic rings. The summed E-state index contributed by atoms with van der Waals surface area (Å²) in [7, 11) is 0. The largest absolute Gasteiger partial charge is 0.391 e. The quantitative estimate of drug-likeness (QED) is 0.571. The third kappa shape index (κ3) is 1.33. The minimum atomic E-state index is -0.319. The topological polar surface area (TPSA) is 20.2 Å². The van der Waals surface area contributed by atoms with Gasteiger partial charge in [0, 0.05) is 15.7 Å². The molecule has 0 aromatic rings. The van der Waals surface area contributed by atoms with E-state index in [2.05, 4.69) is 77.6 Å². The molecular formula is C10H14Br4O. The molecule has 0 saturated heterocycles. The normalized spacial score (nSPS) is 52.8. The Morgan fingerprint density at radius 3 is 2.07 bits per heavy atom. The molecule has 0 unspecified atom stereocenters. The first-order valence-corrected chi connectivity index (χ1v) is 8.54. The molecule has 88 valence electrons. The Balaban J connectivity index is 2.56. The molecular weight excluding hydrogens is 456 g/mol. The predicted molar refractivity (Wildman–Crippen MR) is 77.5 cm³/mol. The fourth-order valence-corrected chi connectivity index (χ4v) is 8.98. The van der Waals surface area contributed by atoms with Gasteiger partial charge in [0.15, 0.2) is 0 Å².